The third-order valence-corrected chi connectivity index (χ3v) is 4.12. The van der Waals surface area contributed by atoms with Crippen LogP contribution in [0.15, 0.2) is 102 Å². The van der Waals surface area contributed by atoms with Crippen molar-refractivity contribution in [3.63, 3.8) is 0 Å². The van der Waals surface area contributed by atoms with Crippen molar-refractivity contribution in [3.8, 4) is 0 Å². The van der Waals surface area contributed by atoms with Gasteiger partial charge in [-0.05, 0) is 30.3 Å². The Hall–Kier alpha value is -3.07. The Labute approximate surface area is 149 Å². The number of allylic oxidation sites excluding steroid dienone is 1. The highest BCUT2D eigenvalue weighted by Crippen LogP contribution is 2.30. The standard InChI is InChI=1S/C22H23N3/c1-3-15-23-16-14-17(2)20-21(18-10-6-4-7-11-18)25-22(24-20)19-12-8-5-9-13-19/h3-16,20-21,23H,2H2,1H3,(H,24,25)/b15-3-,16-14-. The van der Waals surface area contributed by atoms with Crippen molar-refractivity contribution in [2.24, 2.45) is 4.99 Å². The van der Waals surface area contributed by atoms with E-state index in [9.17, 15) is 0 Å². The molecule has 3 nitrogen and oxygen atoms in total. The fourth-order valence-electron chi connectivity index (χ4n) is 2.86. The van der Waals surface area contributed by atoms with Crippen molar-refractivity contribution in [1.29, 1.82) is 0 Å². The Balaban J connectivity index is 1.87. The number of rotatable bonds is 6. The quantitative estimate of drug-likeness (QED) is 0.774. The molecule has 1 heterocycles. The molecule has 0 fully saturated rings. The molecule has 0 saturated heterocycles. The average molecular weight is 329 g/mol. The van der Waals surface area contributed by atoms with Crippen molar-refractivity contribution < 1.29 is 0 Å². The molecule has 0 spiro atoms. The molecule has 2 aromatic carbocycles. The van der Waals surface area contributed by atoms with Crippen LogP contribution in [0.3, 0.4) is 0 Å². The van der Waals surface area contributed by atoms with Crippen LogP contribution in [-0.2, 0) is 0 Å². The van der Waals surface area contributed by atoms with E-state index in [2.05, 4.69) is 53.6 Å². The summed E-state index contributed by atoms with van der Waals surface area (Å²) in [5, 5.41) is 6.67. The van der Waals surface area contributed by atoms with Crippen molar-refractivity contribution in [2.75, 3.05) is 0 Å². The Morgan fingerprint density at radius 2 is 1.72 bits per heavy atom. The Morgan fingerprint density at radius 1 is 1.04 bits per heavy atom. The first kappa shape index (κ1) is 16.8. The molecule has 0 aliphatic carbocycles. The maximum atomic E-state index is 4.92. The molecule has 0 saturated carbocycles. The fourth-order valence-corrected chi connectivity index (χ4v) is 2.86. The van der Waals surface area contributed by atoms with E-state index in [0.29, 0.717) is 0 Å². The molecule has 3 heteroatoms. The van der Waals surface area contributed by atoms with E-state index in [1.807, 2.05) is 55.7 Å². The second kappa shape index (κ2) is 8.15. The summed E-state index contributed by atoms with van der Waals surface area (Å²) in [7, 11) is 0. The van der Waals surface area contributed by atoms with E-state index >= 15 is 0 Å². The maximum Gasteiger partial charge on any atom is 0.129 e. The van der Waals surface area contributed by atoms with Gasteiger partial charge in [0.15, 0.2) is 0 Å². The van der Waals surface area contributed by atoms with Crippen LogP contribution >= 0.6 is 0 Å². The summed E-state index contributed by atoms with van der Waals surface area (Å²) < 4.78 is 0. The van der Waals surface area contributed by atoms with Gasteiger partial charge >= 0.3 is 0 Å². The molecule has 1 aliphatic heterocycles. The van der Waals surface area contributed by atoms with E-state index in [4.69, 9.17) is 4.99 Å². The van der Waals surface area contributed by atoms with Crippen LogP contribution in [0.2, 0.25) is 0 Å². The van der Waals surface area contributed by atoms with Crippen molar-refractivity contribution >= 4 is 5.84 Å². The summed E-state index contributed by atoms with van der Waals surface area (Å²) in [5.41, 5.74) is 3.26. The monoisotopic (exact) mass is 329 g/mol. The summed E-state index contributed by atoms with van der Waals surface area (Å²) in [6, 6.07) is 20.7. The fraction of sp³-hybridized carbons (Fsp3) is 0.136. The lowest BCUT2D eigenvalue weighted by atomic mass is 9.95. The molecular weight excluding hydrogens is 306 g/mol. The minimum absolute atomic E-state index is 0.0405. The molecular formula is C22H23N3. The van der Waals surface area contributed by atoms with Crippen molar-refractivity contribution in [3.05, 3.63) is 108 Å². The molecule has 0 amide bonds. The minimum atomic E-state index is -0.0405. The molecule has 2 N–H and O–H groups in total. The van der Waals surface area contributed by atoms with Gasteiger partial charge in [-0.3, -0.25) is 4.99 Å². The van der Waals surface area contributed by atoms with Gasteiger partial charge in [0.1, 0.15) is 11.9 Å². The van der Waals surface area contributed by atoms with Crippen LogP contribution in [0.5, 0.6) is 0 Å². The van der Waals surface area contributed by atoms with E-state index < -0.39 is 0 Å². The molecule has 1 aliphatic rings. The second-order valence-electron chi connectivity index (χ2n) is 5.90. The van der Waals surface area contributed by atoms with Gasteiger partial charge in [0, 0.05) is 11.8 Å². The first-order valence-electron chi connectivity index (χ1n) is 8.47. The molecule has 0 radical (unpaired) electrons. The van der Waals surface area contributed by atoms with Crippen LogP contribution in [0.1, 0.15) is 24.1 Å². The van der Waals surface area contributed by atoms with E-state index in [0.717, 1.165) is 17.0 Å². The summed E-state index contributed by atoms with van der Waals surface area (Å²) in [4.78, 5) is 4.92. The normalized spacial score (nSPS) is 19.8. The zero-order chi connectivity index (χ0) is 17.5. The molecule has 2 unspecified atom stereocenters. The summed E-state index contributed by atoms with van der Waals surface area (Å²) >= 11 is 0. The van der Waals surface area contributed by atoms with E-state index in [1.54, 1.807) is 0 Å². The van der Waals surface area contributed by atoms with E-state index in [-0.39, 0.29) is 12.1 Å². The summed E-state index contributed by atoms with van der Waals surface area (Å²) in [6.07, 6.45) is 7.70. The third-order valence-electron chi connectivity index (χ3n) is 4.12. The smallest absolute Gasteiger partial charge is 0.129 e. The number of benzene rings is 2. The number of aliphatic imine (C=N–C) groups is 1. The topological polar surface area (TPSA) is 36.4 Å². The van der Waals surface area contributed by atoms with Gasteiger partial charge in [0.2, 0.25) is 0 Å². The Morgan fingerprint density at radius 3 is 2.40 bits per heavy atom. The minimum Gasteiger partial charge on any atom is -0.368 e. The predicted molar refractivity (Wildman–Crippen MR) is 105 cm³/mol. The van der Waals surface area contributed by atoms with Gasteiger partial charge in [0.05, 0.1) is 6.04 Å². The lowest BCUT2D eigenvalue weighted by Gasteiger charge is -2.19. The van der Waals surface area contributed by atoms with Crippen LogP contribution in [0.25, 0.3) is 0 Å². The van der Waals surface area contributed by atoms with Gasteiger partial charge in [0.25, 0.3) is 0 Å². The number of hydrogen-bond donors (Lipinski definition) is 2. The summed E-state index contributed by atoms with van der Waals surface area (Å²) in [5.74, 6) is 0.912. The molecule has 2 aromatic rings. The molecule has 2 atom stereocenters. The number of nitrogens with zero attached hydrogens (tertiary/aromatic N) is 1. The third kappa shape index (κ3) is 4.07. The highest BCUT2D eigenvalue weighted by atomic mass is 15.1. The van der Waals surface area contributed by atoms with Gasteiger partial charge in [-0.1, -0.05) is 73.3 Å². The molecule has 3 rings (SSSR count). The van der Waals surface area contributed by atoms with Gasteiger partial charge < -0.3 is 10.6 Å². The van der Waals surface area contributed by atoms with Crippen LogP contribution in [0.4, 0.5) is 0 Å². The highest BCUT2D eigenvalue weighted by molar-refractivity contribution is 6.00. The van der Waals surface area contributed by atoms with Gasteiger partial charge in [-0.2, -0.15) is 0 Å². The lowest BCUT2D eigenvalue weighted by Crippen LogP contribution is -2.27. The first-order valence-corrected chi connectivity index (χ1v) is 8.47. The van der Waals surface area contributed by atoms with Crippen molar-refractivity contribution in [1.82, 2.24) is 10.6 Å². The Kier molecular flexibility index (Phi) is 5.47. The lowest BCUT2D eigenvalue weighted by molar-refractivity contribution is 0.613. The number of hydrogen-bond acceptors (Lipinski definition) is 3. The molecule has 0 bridgehead atoms. The maximum absolute atomic E-state index is 4.92. The first-order chi connectivity index (χ1) is 12.3. The van der Waals surface area contributed by atoms with Crippen LogP contribution in [0, 0.1) is 0 Å². The zero-order valence-electron chi connectivity index (χ0n) is 14.4. The van der Waals surface area contributed by atoms with Gasteiger partial charge in [-0.25, -0.2) is 0 Å². The summed E-state index contributed by atoms with van der Waals surface area (Å²) in [6.45, 7) is 6.21. The van der Waals surface area contributed by atoms with E-state index in [1.165, 1.54) is 5.56 Å². The number of nitrogens with one attached hydrogen (secondary N) is 2. The van der Waals surface area contributed by atoms with Gasteiger partial charge in [-0.15, -0.1) is 0 Å². The van der Waals surface area contributed by atoms with Crippen LogP contribution in [-0.4, -0.2) is 11.9 Å². The SMILES string of the molecule is C=C(/C=C\N/C=C\C)C1N=C(c2ccccc2)NC1c1ccccc1. The average Bonchev–Trinajstić information content (AvgIpc) is 3.12. The molecule has 126 valence electrons. The van der Waals surface area contributed by atoms with Crippen molar-refractivity contribution in [2.45, 2.75) is 19.0 Å². The molecule has 0 aromatic heterocycles. The zero-order valence-corrected chi connectivity index (χ0v) is 14.4. The molecule has 25 heavy (non-hydrogen) atoms. The number of amidine groups is 1. The second-order valence-corrected chi connectivity index (χ2v) is 5.90. The largest absolute Gasteiger partial charge is 0.368 e. The van der Waals surface area contributed by atoms with Crippen LogP contribution < -0.4 is 10.6 Å². The Bertz CT molecular complexity index is 789. The highest BCUT2D eigenvalue weighted by Gasteiger charge is 2.31. The predicted octanol–water partition coefficient (Wildman–Crippen LogP) is 4.34.